The first-order valence-corrected chi connectivity index (χ1v) is 5.69. The monoisotopic (exact) mass is 256 g/mol. The standard InChI is InChI=1S/C15H12O4/c1-11(16)12-4-6-14(7-5-12)19-15(17)9-8-13-3-2-10-18-13/h2-10H,1H3. The van der Waals surface area contributed by atoms with Crippen LogP contribution in [0.5, 0.6) is 5.75 Å². The highest BCUT2D eigenvalue weighted by molar-refractivity contribution is 5.94. The Balaban J connectivity index is 1.97. The summed E-state index contributed by atoms with van der Waals surface area (Å²) < 4.78 is 10.1. The molecule has 2 aromatic rings. The summed E-state index contributed by atoms with van der Waals surface area (Å²) >= 11 is 0. The van der Waals surface area contributed by atoms with Crippen LogP contribution < -0.4 is 4.74 Å². The Labute approximate surface area is 110 Å². The molecule has 0 unspecified atom stereocenters. The fourth-order valence-corrected chi connectivity index (χ4v) is 1.44. The zero-order valence-corrected chi connectivity index (χ0v) is 10.3. The average Bonchev–Trinajstić information content (AvgIpc) is 2.90. The lowest BCUT2D eigenvalue weighted by molar-refractivity contribution is -0.128. The molecule has 1 aromatic carbocycles. The lowest BCUT2D eigenvalue weighted by Gasteiger charge is -2.01. The van der Waals surface area contributed by atoms with Gasteiger partial charge in [-0.2, -0.15) is 0 Å². The Hall–Kier alpha value is -2.62. The second-order valence-corrected chi connectivity index (χ2v) is 3.85. The Bertz CT molecular complexity index is 592. The van der Waals surface area contributed by atoms with Crippen molar-refractivity contribution in [3.63, 3.8) is 0 Å². The molecule has 0 aliphatic carbocycles. The van der Waals surface area contributed by atoms with Gasteiger partial charge in [0.2, 0.25) is 0 Å². The summed E-state index contributed by atoms with van der Waals surface area (Å²) in [5, 5.41) is 0. The highest BCUT2D eigenvalue weighted by Crippen LogP contribution is 2.13. The van der Waals surface area contributed by atoms with Crippen LogP contribution in [0.4, 0.5) is 0 Å². The van der Waals surface area contributed by atoms with Crippen molar-refractivity contribution in [2.75, 3.05) is 0 Å². The summed E-state index contributed by atoms with van der Waals surface area (Å²) in [6, 6.07) is 9.84. The van der Waals surface area contributed by atoms with Gasteiger partial charge in [-0.25, -0.2) is 4.79 Å². The summed E-state index contributed by atoms with van der Waals surface area (Å²) in [5.74, 6) is 0.422. The van der Waals surface area contributed by atoms with Gasteiger partial charge in [0.1, 0.15) is 11.5 Å². The number of furan rings is 1. The van der Waals surface area contributed by atoms with Gasteiger partial charge in [-0.15, -0.1) is 0 Å². The third-order valence-electron chi connectivity index (χ3n) is 2.41. The van der Waals surface area contributed by atoms with Crippen molar-refractivity contribution in [3.8, 4) is 5.75 Å². The van der Waals surface area contributed by atoms with Crippen LogP contribution in [0.2, 0.25) is 0 Å². The molecule has 0 atom stereocenters. The second kappa shape index (κ2) is 5.82. The van der Waals surface area contributed by atoms with Crippen molar-refractivity contribution in [1.29, 1.82) is 0 Å². The highest BCUT2D eigenvalue weighted by Gasteiger charge is 2.03. The van der Waals surface area contributed by atoms with Crippen LogP contribution in [-0.4, -0.2) is 11.8 Å². The minimum Gasteiger partial charge on any atom is -0.465 e. The molecule has 0 aliphatic heterocycles. The van der Waals surface area contributed by atoms with Gasteiger partial charge in [0.15, 0.2) is 5.78 Å². The number of hydrogen-bond donors (Lipinski definition) is 0. The summed E-state index contributed by atoms with van der Waals surface area (Å²) in [6.07, 6.45) is 4.31. The lowest BCUT2D eigenvalue weighted by Crippen LogP contribution is -2.03. The Kier molecular flexibility index (Phi) is 3.93. The van der Waals surface area contributed by atoms with Gasteiger partial charge in [-0.05, 0) is 49.4 Å². The van der Waals surface area contributed by atoms with E-state index in [2.05, 4.69) is 0 Å². The molecule has 4 heteroatoms. The SMILES string of the molecule is CC(=O)c1ccc(OC(=O)C=Cc2ccco2)cc1. The Morgan fingerprint density at radius 1 is 1.16 bits per heavy atom. The molecule has 96 valence electrons. The normalized spacial score (nSPS) is 10.6. The molecule has 0 bridgehead atoms. The summed E-state index contributed by atoms with van der Waals surface area (Å²) in [7, 11) is 0. The van der Waals surface area contributed by atoms with Crippen molar-refractivity contribution in [3.05, 3.63) is 60.1 Å². The Morgan fingerprint density at radius 2 is 1.89 bits per heavy atom. The Morgan fingerprint density at radius 3 is 2.47 bits per heavy atom. The number of ether oxygens (including phenoxy) is 1. The number of rotatable bonds is 4. The van der Waals surface area contributed by atoms with Crippen molar-refractivity contribution >= 4 is 17.8 Å². The number of Topliss-reactive ketones (excluding diaryl/α,β-unsaturated/α-hetero) is 1. The zero-order chi connectivity index (χ0) is 13.7. The first-order chi connectivity index (χ1) is 9.15. The average molecular weight is 256 g/mol. The first-order valence-electron chi connectivity index (χ1n) is 5.69. The molecule has 0 spiro atoms. The number of hydrogen-bond acceptors (Lipinski definition) is 4. The van der Waals surface area contributed by atoms with E-state index in [1.165, 1.54) is 25.3 Å². The van der Waals surface area contributed by atoms with Gasteiger partial charge in [0.25, 0.3) is 0 Å². The molecule has 2 rings (SSSR count). The van der Waals surface area contributed by atoms with Gasteiger partial charge in [0.05, 0.1) is 6.26 Å². The molecule has 1 aromatic heterocycles. The second-order valence-electron chi connectivity index (χ2n) is 3.85. The number of ketones is 1. The summed E-state index contributed by atoms with van der Waals surface area (Å²) in [5.41, 5.74) is 0.575. The minimum atomic E-state index is -0.507. The van der Waals surface area contributed by atoms with Crippen molar-refractivity contribution in [1.82, 2.24) is 0 Å². The van der Waals surface area contributed by atoms with Gasteiger partial charge < -0.3 is 9.15 Å². The van der Waals surface area contributed by atoms with Gasteiger partial charge in [0, 0.05) is 11.6 Å². The number of carbonyl (C=O) groups is 2. The fraction of sp³-hybridized carbons (Fsp3) is 0.0667. The molecule has 0 aliphatic rings. The molecule has 4 nitrogen and oxygen atoms in total. The predicted octanol–water partition coefficient (Wildman–Crippen LogP) is 3.10. The van der Waals surface area contributed by atoms with Crippen LogP contribution in [0.15, 0.2) is 53.2 Å². The van der Waals surface area contributed by atoms with Crippen LogP contribution in [0.25, 0.3) is 6.08 Å². The van der Waals surface area contributed by atoms with Gasteiger partial charge in [-0.1, -0.05) is 0 Å². The topological polar surface area (TPSA) is 56.5 Å². The molecule has 0 saturated heterocycles. The van der Waals surface area contributed by atoms with Crippen LogP contribution >= 0.6 is 0 Å². The van der Waals surface area contributed by atoms with E-state index in [1.54, 1.807) is 36.4 Å². The van der Waals surface area contributed by atoms with E-state index in [9.17, 15) is 9.59 Å². The maximum absolute atomic E-state index is 11.5. The van der Waals surface area contributed by atoms with E-state index in [-0.39, 0.29) is 5.78 Å². The molecule has 1 heterocycles. The fourth-order valence-electron chi connectivity index (χ4n) is 1.44. The number of esters is 1. The molecule has 0 N–H and O–H groups in total. The van der Waals surface area contributed by atoms with Crippen LogP contribution in [0, 0.1) is 0 Å². The van der Waals surface area contributed by atoms with E-state index < -0.39 is 5.97 Å². The molecule has 0 radical (unpaired) electrons. The van der Waals surface area contributed by atoms with Crippen LogP contribution in [0.1, 0.15) is 23.0 Å². The third-order valence-corrected chi connectivity index (χ3v) is 2.41. The van der Waals surface area contributed by atoms with E-state index in [0.29, 0.717) is 17.1 Å². The molecule has 0 amide bonds. The smallest absolute Gasteiger partial charge is 0.336 e. The lowest BCUT2D eigenvalue weighted by atomic mass is 10.1. The zero-order valence-electron chi connectivity index (χ0n) is 10.3. The quantitative estimate of drug-likeness (QED) is 0.365. The molecule has 0 saturated carbocycles. The van der Waals surface area contributed by atoms with E-state index >= 15 is 0 Å². The first kappa shape index (κ1) is 12.8. The highest BCUT2D eigenvalue weighted by atomic mass is 16.5. The van der Waals surface area contributed by atoms with E-state index in [1.807, 2.05) is 0 Å². The maximum Gasteiger partial charge on any atom is 0.336 e. The minimum absolute atomic E-state index is 0.0319. The van der Waals surface area contributed by atoms with E-state index in [0.717, 1.165) is 0 Å². The van der Waals surface area contributed by atoms with Gasteiger partial charge in [-0.3, -0.25) is 4.79 Å². The third kappa shape index (κ3) is 3.67. The van der Waals surface area contributed by atoms with Crippen molar-refractivity contribution in [2.45, 2.75) is 6.92 Å². The van der Waals surface area contributed by atoms with Crippen molar-refractivity contribution in [2.24, 2.45) is 0 Å². The number of benzene rings is 1. The maximum atomic E-state index is 11.5. The van der Waals surface area contributed by atoms with Crippen LogP contribution in [-0.2, 0) is 4.79 Å². The predicted molar refractivity (Wildman–Crippen MR) is 69.8 cm³/mol. The largest absolute Gasteiger partial charge is 0.465 e. The molecular weight excluding hydrogens is 244 g/mol. The molecule has 0 fully saturated rings. The molecular formula is C15H12O4. The van der Waals surface area contributed by atoms with Gasteiger partial charge >= 0.3 is 5.97 Å². The number of carbonyl (C=O) groups excluding carboxylic acids is 2. The summed E-state index contributed by atoms with van der Waals surface area (Å²) in [6.45, 7) is 1.48. The molecule has 19 heavy (non-hydrogen) atoms. The summed E-state index contributed by atoms with van der Waals surface area (Å²) in [4.78, 5) is 22.6. The van der Waals surface area contributed by atoms with Crippen molar-refractivity contribution < 1.29 is 18.7 Å². The van der Waals surface area contributed by atoms with E-state index in [4.69, 9.17) is 9.15 Å². The van der Waals surface area contributed by atoms with Crippen LogP contribution in [0.3, 0.4) is 0 Å².